The first-order valence-electron chi connectivity index (χ1n) is 8.02. The summed E-state index contributed by atoms with van der Waals surface area (Å²) in [6.45, 7) is 0.140. The molecule has 1 N–H and O–H groups in total. The number of rotatable bonds is 3. The van der Waals surface area contributed by atoms with E-state index in [2.05, 4.69) is 10.3 Å². The minimum Gasteiger partial charge on any atom is -0.344 e. The SMILES string of the molecule is CN1C[C@@H](c2ccc(C(F)(F)F)nc2)[C@H](C(=O)Nc2ccccc2F)C1=O. The first kappa shape index (κ1) is 18.8. The topological polar surface area (TPSA) is 62.3 Å². The second-order valence-electron chi connectivity index (χ2n) is 6.25. The summed E-state index contributed by atoms with van der Waals surface area (Å²) >= 11 is 0. The Hall–Kier alpha value is -2.97. The summed E-state index contributed by atoms with van der Waals surface area (Å²) < 4.78 is 51.8. The lowest BCUT2D eigenvalue weighted by atomic mass is 9.88. The van der Waals surface area contributed by atoms with E-state index in [1.165, 1.54) is 36.2 Å². The zero-order valence-electron chi connectivity index (χ0n) is 14.1. The van der Waals surface area contributed by atoms with Crippen molar-refractivity contribution in [3.63, 3.8) is 0 Å². The third-order valence-corrected chi connectivity index (χ3v) is 4.43. The molecule has 3 rings (SSSR count). The lowest BCUT2D eigenvalue weighted by molar-refractivity contribution is -0.141. The number of nitrogens with zero attached hydrogens (tertiary/aromatic N) is 2. The van der Waals surface area contributed by atoms with Gasteiger partial charge in [-0.3, -0.25) is 14.6 Å². The Labute approximate surface area is 152 Å². The van der Waals surface area contributed by atoms with Crippen LogP contribution >= 0.6 is 0 Å². The van der Waals surface area contributed by atoms with Gasteiger partial charge < -0.3 is 10.2 Å². The van der Waals surface area contributed by atoms with Crippen molar-refractivity contribution in [2.75, 3.05) is 18.9 Å². The van der Waals surface area contributed by atoms with E-state index in [9.17, 15) is 27.2 Å². The number of halogens is 4. The van der Waals surface area contributed by atoms with Crippen LogP contribution in [0.3, 0.4) is 0 Å². The molecule has 142 valence electrons. The number of anilines is 1. The summed E-state index contributed by atoms with van der Waals surface area (Å²) in [7, 11) is 1.49. The number of likely N-dealkylation sites (N-methyl/N-ethyl adjacent to an activating group) is 1. The maximum absolute atomic E-state index is 13.8. The smallest absolute Gasteiger partial charge is 0.344 e. The van der Waals surface area contributed by atoms with Crippen LogP contribution in [0.4, 0.5) is 23.2 Å². The number of carbonyl (C=O) groups excluding carboxylic acids is 2. The van der Waals surface area contributed by atoms with Gasteiger partial charge in [0.15, 0.2) is 0 Å². The third-order valence-electron chi connectivity index (χ3n) is 4.43. The standard InChI is InChI=1S/C18H15F4N3O2/c1-25-9-11(10-6-7-14(23-8-10)18(20,21)22)15(17(25)27)16(26)24-13-5-3-2-4-12(13)19/h2-8,11,15H,9H2,1H3,(H,24,26)/t11-,15+/m0/s1. The number of pyridine rings is 1. The molecule has 1 saturated heterocycles. The molecule has 2 atom stereocenters. The number of alkyl halides is 3. The van der Waals surface area contributed by atoms with Crippen LogP contribution in [0, 0.1) is 11.7 Å². The Morgan fingerprint density at radius 2 is 1.93 bits per heavy atom. The number of aromatic nitrogens is 1. The van der Waals surface area contributed by atoms with Gasteiger partial charge >= 0.3 is 6.18 Å². The number of likely N-dealkylation sites (tertiary alicyclic amines) is 1. The highest BCUT2D eigenvalue weighted by Gasteiger charge is 2.44. The predicted molar refractivity (Wildman–Crippen MR) is 88.1 cm³/mol. The number of para-hydroxylation sites is 1. The second-order valence-corrected chi connectivity index (χ2v) is 6.25. The number of carbonyl (C=O) groups is 2. The molecule has 0 aliphatic carbocycles. The minimum absolute atomic E-state index is 0.0749. The summed E-state index contributed by atoms with van der Waals surface area (Å²) in [6, 6.07) is 7.51. The zero-order valence-corrected chi connectivity index (χ0v) is 14.1. The second kappa shape index (κ2) is 6.98. The molecule has 2 aromatic rings. The van der Waals surface area contributed by atoms with E-state index in [0.717, 1.165) is 18.3 Å². The van der Waals surface area contributed by atoms with Crippen LogP contribution in [0.2, 0.25) is 0 Å². The molecule has 2 amide bonds. The Morgan fingerprint density at radius 1 is 1.22 bits per heavy atom. The number of amides is 2. The molecule has 1 aliphatic heterocycles. The zero-order chi connectivity index (χ0) is 19.8. The molecule has 0 bridgehead atoms. The molecular weight excluding hydrogens is 366 g/mol. The predicted octanol–water partition coefficient (Wildman–Crippen LogP) is 3.05. The largest absolute Gasteiger partial charge is 0.433 e. The van der Waals surface area contributed by atoms with Crippen molar-refractivity contribution in [3.8, 4) is 0 Å². The molecule has 0 saturated carbocycles. The Bertz CT molecular complexity index is 868. The molecular formula is C18H15F4N3O2. The van der Waals surface area contributed by atoms with Crippen LogP contribution in [0.1, 0.15) is 17.2 Å². The average Bonchev–Trinajstić information content (AvgIpc) is 2.91. The van der Waals surface area contributed by atoms with Gasteiger partial charge in [-0.15, -0.1) is 0 Å². The molecule has 5 nitrogen and oxygen atoms in total. The van der Waals surface area contributed by atoms with Gasteiger partial charge in [0.1, 0.15) is 17.4 Å². The fourth-order valence-corrected chi connectivity index (χ4v) is 3.06. The van der Waals surface area contributed by atoms with Crippen molar-refractivity contribution < 1.29 is 27.2 Å². The van der Waals surface area contributed by atoms with Crippen molar-refractivity contribution in [3.05, 3.63) is 59.7 Å². The molecule has 1 aromatic heterocycles. The number of benzene rings is 1. The summed E-state index contributed by atoms with van der Waals surface area (Å²) in [5, 5.41) is 2.38. The quantitative estimate of drug-likeness (QED) is 0.657. The first-order chi connectivity index (χ1) is 12.7. The van der Waals surface area contributed by atoms with Gasteiger partial charge in [-0.2, -0.15) is 13.2 Å². The van der Waals surface area contributed by atoms with E-state index < -0.39 is 41.3 Å². The van der Waals surface area contributed by atoms with Crippen molar-refractivity contribution in [2.24, 2.45) is 5.92 Å². The molecule has 1 aliphatic rings. The van der Waals surface area contributed by atoms with Crippen LogP contribution < -0.4 is 5.32 Å². The highest BCUT2D eigenvalue weighted by Crippen LogP contribution is 2.35. The van der Waals surface area contributed by atoms with Crippen molar-refractivity contribution in [2.45, 2.75) is 12.1 Å². The lowest BCUT2D eigenvalue weighted by Crippen LogP contribution is -2.33. The average molecular weight is 381 g/mol. The minimum atomic E-state index is -4.58. The van der Waals surface area contributed by atoms with Gasteiger partial charge in [-0.1, -0.05) is 18.2 Å². The maximum atomic E-state index is 13.8. The number of nitrogens with one attached hydrogen (secondary N) is 1. The summed E-state index contributed by atoms with van der Waals surface area (Å²) in [4.78, 5) is 29.7. The normalized spacial score (nSPS) is 20.0. The van der Waals surface area contributed by atoms with Crippen LogP contribution in [-0.4, -0.2) is 35.3 Å². The lowest BCUT2D eigenvalue weighted by Gasteiger charge is -2.17. The van der Waals surface area contributed by atoms with Gasteiger partial charge in [0.25, 0.3) is 0 Å². The van der Waals surface area contributed by atoms with Crippen LogP contribution in [0.25, 0.3) is 0 Å². The van der Waals surface area contributed by atoms with Gasteiger partial charge in [-0.25, -0.2) is 4.39 Å². The van der Waals surface area contributed by atoms with Crippen molar-refractivity contribution in [1.82, 2.24) is 9.88 Å². The molecule has 1 fully saturated rings. The Kier molecular flexibility index (Phi) is 4.86. The Morgan fingerprint density at radius 3 is 2.52 bits per heavy atom. The van der Waals surface area contributed by atoms with E-state index in [0.29, 0.717) is 5.56 Å². The molecule has 0 unspecified atom stereocenters. The molecule has 27 heavy (non-hydrogen) atoms. The van der Waals surface area contributed by atoms with Crippen LogP contribution in [0.15, 0.2) is 42.6 Å². The molecule has 0 radical (unpaired) electrons. The van der Waals surface area contributed by atoms with Crippen LogP contribution in [-0.2, 0) is 15.8 Å². The summed E-state index contributed by atoms with van der Waals surface area (Å²) in [5.41, 5.74) is -0.806. The summed E-state index contributed by atoms with van der Waals surface area (Å²) in [6.07, 6.45) is -3.56. The fraction of sp³-hybridized carbons (Fsp3) is 0.278. The van der Waals surface area contributed by atoms with E-state index in [-0.39, 0.29) is 12.2 Å². The first-order valence-corrected chi connectivity index (χ1v) is 8.02. The van der Waals surface area contributed by atoms with Crippen molar-refractivity contribution >= 4 is 17.5 Å². The number of hydrogen-bond donors (Lipinski definition) is 1. The van der Waals surface area contributed by atoms with E-state index in [1.807, 2.05) is 0 Å². The molecule has 0 spiro atoms. The third kappa shape index (κ3) is 3.76. The van der Waals surface area contributed by atoms with Gasteiger partial charge in [0.05, 0.1) is 5.69 Å². The molecule has 1 aromatic carbocycles. The Balaban J connectivity index is 1.87. The fourth-order valence-electron chi connectivity index (χ4n) is 3.06. The molecule has 9 heteroatoms. The maximum Gasteiger partial charge on any atom is 0.433 e. The van der Waals surface area contributed by atoms with Gasteiger partial charge in [0, 0.05) is 25.7 Å². The van der Waals surface area contributed by atoms with E-state index >= 15 is 0 Å². The van der Waals surface area contributed by atoms with Crippen molar-refractivity contribution in [1.29, 1.82) is 0 Å². The number of hydrogen-bond acceptors (Lipinski definition) is 3. The highest BCUT2D eigenvalue weighted by atomic mass is 19.4. The van der Waals surface area contributed by atoms with Crippen LogP contribution in [0.5, 0.6) is 0 Å². The van der Waals surface area contributed by atoms with E-state index in [4.69, 9.17) is 0 Å². The molecule has 2 heterocycles. The van der Waals surface area contributed by atoms with E-state index in [1.54, 1.807) is 0 Å². The summed E-state index contributed by atoms with van der Waals surface area (Å²) in [5.74, 6) is -3.75. The highest BCUT2D eigenvalue weighted by molar-refractivity contribution is 6.08. The van der Waals surface area contributed by atoms with Gasteiger partial charge in [-0.05, 0) is 23.8 Å². The van der Waals surface area contributed by atoms with Gasteiger partial charge in [0.2, 0.25) is 11.8 Å². The monoisotopic (exact) mass is 381 g/mol.